The van der Waals surface area contributed by atoms with Crippen LogP contribution < -0.4 is 10.1 Å². The molecule has 0 aliphatic heterocycles. The minimum absolute atomic E-state index is 0.0371. The van der Waals surface area contributed by atoms with Gasteiger partial charge in [-0.05, 0) is 54.2 Å². The molecule has 0 heterocycles. The molecule has 128 valence electrons. The molecule has 3 nitrogen and oxygen atoms in total. The Labute approximate surface area is 145 Å². The van der Waals surface area contributed by atoms with Gasteiger partial charge in [0.1, 0.15) is 5.75 Å². The predicted molar refractivity (Wildman–Crippen MR) is 98.5 cm³/mol. The molecule has 0 fully saturated rings. The molecule has 2 aromatic rings. The molecular weight excluding hydrogens is 298 g/mol. The number of amides is 1. The summed E-state index contributed by atoms with van der Waals surface area (Å²) in [5, 5.41) is 3.11. The van der Waals surface area contributed by atoms with Crippen LogP contribution in [0.1, 0.15) is 55.0 Å². The Morgan fingerprint density at radius 3 is 2.33 bits per heavy atom. The quantitative estimate of drug-likeness (QED) is 0.846. The van der Waals surface area contributed by atoms with Crippen molar-refractivity contribution in [1.29, 1.82) is 0 Å². The van der Waals surface area contributed by atoms with Gasteiger partial charge in [-0.3, -0.25) is 4.79 Å². The van der Waals surface area contributed by atoms with Crippen LogP contribution in [0.25, 0.3) is 0 Å². The Morgan fingerprint density at radius 2 is 1.75 bits per heavy atom. The summed E-state index contributed by atoms with van der Waals surface area (Å²) in [6.45, 7) is 8.38. The van der Waals surface area contributed by atoms with Crippen molar-refractivity contribution in [3.8, 4) is 5.75 Å². The summed E-state index contributed by atoms with van der Waals surface area (Å²) >= 11 is 0. The second-order valence-corrected chi connectivity index (χ2v) is 6.56. The molecule has 0 saturated carbocycles. The second-order valence-electron chi connectivity index (χ2n) is 6.56. The molecule has 1 N–H and O–H groups in total. The van der Waals surface area contributed by atoms with Gasteiger partial charge in [-0.15, -0.1) is 0 Å². The largest absolute Gasteiger partial charge is 0.496 e. The minimum atomic E-state index is -0.0374. The number of benzene rings is 2. The van der Waals surface area contributed by atoms with Crippen LogP contribution in [0.4, 0.5) is 0 Å². The summed E-state index contributed by atoms with van der Waals surface area (Å²) < 4.78 is 5.49. The first-order chi connectivity index (χ1) is 11.4. The van der Waals surface area contributed by atoms with E-state index < -0.39 is 0 Å². The maximum absolute atomic E-state index is 12.3. The molecule has 3 heteroatoms. The van der Waals surface area contributed by atoms with Crippen molar-refractivity contribution in [2.24, 2.45) is 0 Å². The van der Waals surface area contributed by atoms with Gasteiger partial charge < -0.3 is 10.1 Å². The third kappa shape index (κ3) is 4.38. The van der Waals surface area contributed by atoms with E-state index in [0.29, 0.717) is 12.3 Å². The Kier molecular flexibility index (Phi) is 6.02. The number of rotatable bonds is 6. The lowest BCUT2D eigenvalue weighted by Crippen LogP contribution is -2.28. The lowest BCUT2D eigenvalue weighted by atomic mass is 9.93. The van der Waals surface area contributed by atoms with Crippen LogP contribution in [0.15, 0.2) is 42.5 Å². The molecule has 0 radical (unpaired) electrons. The van der Waals surface area contributed by atoms with Crippen LogP contribution in [0.3, 0.4) is 0 Å². The number of hydrogen-bond donors (Lipinski definition) is 1. The Hall–Kier alpha value is -2.29. The zero-order valence-corrected chi connectivity index (χ0v) is 15.2. The summed E-state index contributed by atoms with van der Waals surface area (Å²) in [5.74, 6) is 1.32. The summed E-state index contributed by atoms with van der Waals surface area (Å²) in [6, 6.07) is 14.0. The Balaban J connectivity index is 2.15. The molecule has 0 saturated heterocycles. The van der Waals surface area contributed by atoms with Gasteiger partial charge in [0.2, 0.25) is 5.91 Å². The van der Waals surface area contributed by atoms with Crippen molar-refractivity contribution in [2.75, 3.05) is 7.11 Å². The van der Waals surface area contributed by atoms with Crippen molar-refractivity contribution >= 4 is 5.91 Å². The lowest BCUT2D eigenvalue weighted by molar-refractivity contribution is -0.121. The first kappa shape index (κ1) is 18.1. The summed E-state index contributed by atoms with van der Waals surface area (Å²) in [6.07, 6.45) is 0.400. The normalized spacial score (nSPS) is 12.1. The van der Waals surface area contributed by atoms with E-state index in [1.807, 2.05) is 37.3 Å². The predicted octanol–water partition coefficient (Wildman–Crippen LogP) is 4.55. The van der Waals surface area contributed by atoms with Gasteiger partial charge in [0.05, 0.1) is 19.6 Å². The molecule has 0 aliphatic rings. The lowest BCUT2D eigenvalue weighted by Gasteiger charge is -2.21. The Morgan fingerprint density at radius 1 is 1.08 bits per heavy atom. The van der Waals surface area contributed by atoms with E-state index in [1.54, 1.807) is 7.11 Å². The molecule has 0 aliphatic carbocycles. The summed E-state index contributed by atoms with van der Waals surface area (Å²) in [5.41, 5.74) is 4.46. The van der Waals surface area contributed by atoms with Gasteiger partial charge in [-0.25, -0.2) is 0 Å². The van der Waals surface area contributed by atoms with Crippen LogP contribution in [-0.4, -0.2) is 13.0 Å². The molecular formula is C21H27NO2. The standard InChI is InChI=1S/C21H27NO2/c1-14(2)18-13-19(15(3)11-20(18)24-5)16(4)22-21(23)12-17-9-7-6-8-10-17/h6-11,13-14,16H,12H2,1-5H3,(H,22,23)/t16-/m0/s1. The summed E-state index contributed by atoms with van der Waals surface area (Å²) in [7, 11) is 1.70. The fourth-order valence-corrected chi connectivity index (χ4v) is 2.96. The van der Waals surface area contributed by atoms with Gasteiger partial charge in [0.15, 0.2) is 0 Å². The maximum Gasteiger partial charge on any atom is 0.224 e. The van der Waals surface area contributed by atoms with Crippen LogP contribution in [0.5, 0.6) is 5.75 Å². The molecule has 0 bridgehead atoms. The monoisotopic (exact) mass is 325 g/mol. The van der Waals surface area contributed by atoms with E-state index in [0.717, 1.165) is 22.4 Å². The summed E-state index contributed by atoms with van der Waals surface area (Å²) in [4.78, 5) is 12.3. The first-order valence-corrected chi connectivity index (χ1v) is 8.44. The van der Waals surface area contributed by atoms with E-state index >= 15 is 0 Å². The number of nitrogens with one attached hydrogen (secondary N) is 1. The molecule has 1 atom stereocenters. The van der Waals surface area contributed by atoms with Gasteiger partial charge in [-0.2, -0.15) is 0 Å². The van der Waals surface area contributed by atoms with E-state index in [9.17, 15) is 4.79 Å². The highest BCUT2D eigenvalue weighted by molar-refractivity contribution is 5.79. The number of methoxy groups -OCH3 is 1. The zero-order valence-electron chi connectivity index (χ0n) is 15.2. The number of ether oxygens (including phenoxy) is 1. The molecule has 2 rings (SSSR count). The number of aryl methyl sites for hydroxylation is 1. The Bertz CT molecular complexity index is 692. The van der Waals surface area contributed by atoms with E-state index in [4.69, 9.17) is 4.74 Å². The second kappa shape index (κ2) is 8.00. The molecule has 0 spiro atoms. The van der Waals surface area contributed by atoms with Gasteiger partial charge in [0.25, 0.3) is 0 Å². The molecule has 24 heavy (non-hydrogen) atoms. The highest BCUT2D eigenvalue weighted by atomic mass is 16.5. The molecule has 0 unspecified atom stereocenters. The number of hydrogen-bond acceptors (Lipinski definition) is 2. The van der Waals surface area contributed by atoms with Gasteiger partial charge in [0, 0.05) is 0 Å². The average molecular weight is 325 g/mol. The molecule has 1 amide bonds. The van der Waals surface area contributed by atoms with E-state index in [2.05, 4.69) is 38.2 Å². The number of carbonyl (C=O) groups is 1. The van der Waals surface area contributed by atoms with Gasteiger partial charge >= 0.3 is 0 Å². The van der Waals surface area contributed by atoms with E-state index in [1.165, 1.54) is 5.56 Å². The fourth-order valence-electron chi connectivity index (χ4n) is 2.96. The topological polar surface area (TPSA) is 38.3 Å². The third-order valence-electron chi connectivity index (χ3n) is 4.29. The highest BCUT2D eigenvalue weighted by Gasteiger charge is 2.16. The maximum atomic E-state index is 12.3. The first-order valence-electron chi connectivity index (χ1n) is 8.44. The van der Waals surface area contributed by atoms with Crippen LogP contribution in [-0.2, 0) is 11.2 Å². The van der Waals surface area contributed by atoms with Crippen molar-refractivity contribution in [2.45, 2.75) is 46.1 Å². The van der Waals surface area contributed by atoms with Crippen molar-refractivity contribution < 1.29 is 9.53 Å². The van der Waals surface area contributed by atoms with Crippen molar-refractivity contribution in [1.82, 2.24) is 5.32 Å². The molecule has 2 aromatic carbocycles. The van der Waals surface area contributed by atoms with Gasteiger partial charge in [-0.1, -0.05) is 44.2 Å². The average Bonchev–Trinajstić information content (AvgIpc) is 2.54. The van der Waals surface area contributed by atoms with Crippen LogP contribution >= 0.6 is 0 Å². The zero-order chi connectivity index (χ0) is 17.7. The van der Waals surface area contributed by atoms with Crippen molar-refractivity contribution in [3.05, 3.63) is 64.7 Å². The molecule has 0 aromatic heterocycles. The van der Waals surface area contributed by atoms with Crippen LogP contribution in [0, 0.1) is 6.92 Å². The minimum Gasteiger partial charge on any atom is -0.496 e. The number of carbonyl (C=O) groups excluding carboxylic acids is 1. The smallest absolute Gasteiger partial charge is 0.224 e. The van der Waals surface area contributed by atoms with Crippen LogP contribution in [0.2, 0.25) is 0 Å². The fraction of sp³-hybridized carbons (Fsp3) is 0.381. The SMILES string of the molecule is COc1cc(C)c([C@H](C)NC(=O)Cc2ccccc2)cc1C(C)C. The van der Waals surface area contributed by atoms with Crippen molar-refractivity contribution in [3.63, 3.8) is 0 Å². The van der Waals surface area contributed by atoms with E-state index in [-0.39, 0.29) is 11.9 Å². The third-order valence-corrected chi connectivity index (χ3v) is 4.29. The highest BCUT2D eigenvalue weighted by Crippen LogP contribution is 2.32.